The molecule has 102 valence electrons. The Morgan fingerprint density at radius 3 is 2.32 bits per heavy atom. The fraction of sp³-hybridized carbons (Fsp3) is 0.111. The first-order chi connectivity index (χ1) is 8.68. The summed E-state index contributed by atoms with van der Waals surface area (Å²) >= 11 is 0. The molecule has 0 N–H and O–H groups in total. The molecule has 0 spiro atoms. The maximum atomic E-state index is 12.4. The highest BCUT2D eigenvalue weighted by Crippen LogP contribution is 2.29. The first-order valence-corrected chi connectivity index (χ1v) is 7.02. The van der Waals surface area contributed by atoms with E-state index in [1.54, 1.807) is 0 Å². The molecule has 0 aliphatic heterocycles. The van der Waals surface area contributed by atoms with E-state index in [0.717, 1.165) is 23.1 Å². The molecule has 10 heteroatoms. The minimum atomic E-state index is -4.50. The highest BCUT2D eigenvalue weighted by Gasteiger charge is 2.32. The van der Waals surface area contributed by atoms with Crippen LogP contribution >= 0.6 is 10.7 Å². The van der Waals surface area contributed by atoms with Gasteiger partial charge in [0.1, 0.15) is 4.90 Å². The van der Waals surface area contributed by atoms with Crippen LogP contribution in [0.3, 0.4) is 0 Å². The molecular formula is C9H5ClF3N3O2S. The van der Waals surface area contributed by atoms with Crippen molar-refractivity contribution in [2.24, 2.45) is 0 Å². The van der Waals surface area contributed by atoms with E-state index >= 15 is 0 Å². The maximum Gasteiger partial charge on any atom is 0.419 e. The lowest BCUT2D eigenvalue weighted by molar-refractivity contribution is -0.137. The van der Waals surface area contributed by atoms with E-state index in [1.165, 1.54) is 6.07 Å². The fourth-order valence-corrected chi connectivity index (χ4v) is 1.93. The van der Waals surface area contributed by atoms with Crippen LogP contribution < -0.4 is 0 Å². The number of nitrogens with zero attached hydrogens (tertiary/aromatic N) is 3. The van der Waals surface area contributed by atoms with Crippen molar-refractivity contribution < 1.29 is 21.6 Å². The van der Waals surface area contributed by atoms with Crippen molar-refractivity contribution in [1.29, 1.82) is 0 Å². The van der Waals surface area contributed by atoms with Crippen LogP contribution in [0.4, 0.5) is 13.2 Å². The van der Waals surface area contributed by atoms with Gasteiger partial charge < -0.3 is 0 Å². The van der Waals surface area contributed by atoms with E-state index in [4.69, 9.17) is 10.7 Å². The van der Waals surface area contributed by atoms with Crippen molar-refractivity contribution in [3.63, 3.8) is 0 Å². The molecule has 0 saturated carbocycles. The lowest BCUT2D eigenvalue weighted by Crippen LogP contribution is -2.03. The number of rotatable bonds is 2. The summed E-state index contributed by atoms with van der Waals surface area (Å²) in [5.41, 5.74) is -0.927. The molecule has 0 atom stereocenters. The summed E-state index contributed by atoms with van der Waals surface area (Å²) in [5, 5.41) is 3.50. The quantitative estimate of drug-likeness (QED) is 0.798. The highest BCUT2D eigenvalue weighted by molar-refractivity contribution is 8.13. The van der Waals surface area contributed by atoms with Gasteiger partial charge in [-0.1, -0.05) is 0 Å². The molecule has 2 aromatic heterocycles. The zero-order valence-electron chi connectivity index (χ0n) is 8.96. The van der Waals surface area contributed by atoms with Gasteiger partial charge in [-0.25, -0.2) is 18.1 Å². The average molecular weight is 312 g/mol. The summed E-state index contributed by atoms with van der Waals surface area (Å²) in [4.78, 5) is 3.43. The number of alkyl halides is 3. The zero-order chi connectivity index (χ0) is 14.3. The summed E-state index contributed by atoms with van der Waals surface area (Å²) in [6, 6.07) is 2.32. The Bertz CT molecular complexity index is 694. The first kappa shape index (κ1) is 13.8. The van der Waals surface area contributed by atoms with E-state index in [0.29, 0.717) is 6.20 Å². The predicted molar refractivity (Wildman–Crippen MR) is 59.4 cm³/mol. The van der Waals surface area contributed by atoms with Gasteiger partial charge in [0.2, 0.25) is 0 Å². The third-order valence-corrected chi connectivity index (χ3v) is 3.49. The lowest BCUT2D eigenvalue weighted by atomic mass is 10.3. The van der Waals surface area contributed by atoms with Gasteiger partial charge in [0.05, 0.1) is 11.8 Å². The topological polar surface area (TPSA) is 64.8 Å². The van der Waals surface area contributed by atoms with E-state index < -0.39 is 20.8 Å². The second-order valence-electron chi connectivity index (χ2n) is 3.46. The molecule has 0 aliphatic rings. The molecule has 5 nitrogen and oxygen atoms in total. The number of pyridine rings is 1. The number of aromatic nitrogens is 3. The Kier molecular flexibility index (Phi) is 3.27. The second-order valence-corrected chi connectivity index (χ2v) is 6.03. The largest absolute Gasteiger partial charge is 0.419 e. The van der Waals surface area contributed by atoms with Crippen molar-refractivity contribution in [2.75, 3.05) is 0 Å². The van der Waals surface area contributed by atoms with E-state index in [9.17, 15) is 21.6 Å². The van der Waals surface area contributed by atoms with Crippen LogP contribution in [0.5, 0.6) is 0 Å². The van der Waals surface area contributed by atoms with Gasteiger partial charge >= 0.3 is 6.18 Å². The Morgan fingerprint density at radius 2 is 1.89 bits per heavy atom. The molecule has 0 bridgehead atoms. The maximum absolute atomic E-state index is 12.4. The second kappa shape index (κ2) is 4.49. The van der Waals surface area contributed by atoms with Gasteiger partial charge in [-0.15, -0.1) is 0 Å². The Labute approximate surface area is 110 Å². The van der Waals surface area contributed by atoms with Crippen molar-refractivity contribution in [3.8, 4) is 5.82 Å². The van der Waals surface area contributed by atoms with Gasteiger partial charge in [-0.05, 0) is 12.1 Å². The smallest absolute Gasteiger partial charge is 0.236 e. The van der Waals surface area contributed by atoms with Gasteiger partial charge in [-0.3, -0.25) is 0 Å². The summed E-state index contributed by atoms with van der Waals surface area (Å²) in [6.45, 7) is 0. The summed E-state index contributed by atoms with van der Waals surface area (Å²) in [6.07, 6.45) is -2.17. The van der Waals surface area contributed by atoms with Crippen molar-refractivity contribution in [1.82, 2.24) is 14.8 Å². The molecule has 19 heavy (non-hydrogen) atoms. The molecule has 2 heterocycles. The van der Waals surface area contributed by atoms with Gasteiger partial charge in [0.15, 0.2) is 5.82 Å². The molecule has 2 rings (SSSR count). The van der Waals surface area contributed by atoms with E-state index in [1.807, 2.05) is 0 Å². The summed E-state index contributed by atoms with van der Waals surface area (Å²) < 4.78 is 59.9. The minimum Gasteiger partial charge on any atom is -0.236 e. The SMILES string of the molecule is O=S(=O)(Cl)c1ccc(-n2cc(C(F)(F)F)cn2)nc1. The number of halogens is 4. The third kappa shape index (κ3) is 3.04. The summed E-state index contributed by atoms with van der Waals surface area (Å²) in [7, 11) is 1.16. The first-order valence-electron chi connectivity index (χ1n) is 4.71. The highest BCUT2D eigenvalue weighted by atomic mass is 35.7. The average Bonchev–Trinajstić information content (AvgIpc) is 2.77. The Hall–Kier alpha value is -1.61. The number of hydrogen-bond acceptors (Lipinski definition) is 4. The molecule has 0 fully saturated rings. The number of hydrogen-bond donors (Lipinski definition) is 0. The molecule has 0 amide bonds. The predicted octanol–water partition coefficient (Wildman–Crippen LogP) is 2.21. The molecule has 0 unspecified atom stereocenters. The van der Waals surface area contributed by atoms with Crippen molar-refractivity contribution in [2.45, 2.75) is 11.1 Å². The van der Waals surface area contributed by atoms with Gasteiger partial charge in [0, 0.05) is 23.1 Å². The minimum absolute atomic E-state index is 0.0413. The fourth-order valence-electron chi connectivity index (χ4n) is 1.25. The Balaban J connectivity index is 2.36. The molecular weight excluding hydrogens is 307 g/mol. The normalized spacial score (nSPS) is 12.6. The van der Waals surface area contributed by atoms with E-state index in [2.05, 4.69) is 10.1 Å². The molecule has 0 saturated heterocycles. The Morgan fingerprint density at radius 1 is 1.21 bits per heavy atom. The van der Waals surface area contributed by atoms with Gasteiger partial charge in [-0.2, -0.15) is 18.3 Å². The standard InChI is InChI=1S/C9H5ClF3N3O2S/c10-19(17,18)7-1-2-8(14-4-7)16-5-6(3-15-16)9(11,12)13/h1-5H. The van der Waals surface area contributed by atoms with Crippen LogP contribution in [0, 0.1) is 0 Å². The molecule has 2 aromatic rings. The van der Waals surface area contributed by atoms with Crippen molar-refractivity contribution in [3.05, 3.63) is 36.3 Å². The van der Waals surface area contributed by atoms with Crippen LogP contribution in [0.25, 0.3) is 5.82 Å². The van der Waals surface area contributed by atoms with Crippen LogP contribution in [-0.4, -0.2) is 23.2 Å². The zero-order valence-corrected chi connectivity index (χ0v) is 10.5. The summed E-state index contributed by atoms with van der Waals surface area (Å²) in [5.74, 6) is 0.0413. The molecule has 0 radical (unpaired) electrons. The van der Waals surface area contributed by atoms with Crippen LogP contribution in [0.2, 0.25) is 0 Å². The third-order valence-electron chi connectivity index (χ3n) is 2.15. The van der Waals surface area contributed by atoms with Crippen LogP contribution in [0.15, 0.2) is 35.6 Å². The van der Waals surface area contributed by atoms with Crippen LogP contribution in [0.1, 0.15) is 5.56 Å². The molecule has 0 aromatic carbocycles. The van der Waals surface area contributed by atoms with Crippen molar-refractivity contribution >= 4 is 19.7 Å². The molecule has 0 aliphatic carbocycles. The van der Waals surface area contributed by atoms with E-state index in [-0.39, 0.29) is 10.7 Å². The lowest BCUT2D eigenvalue weighted by Gasteiger charge is -2.02. The monoisotopic (exact) mass is 311 g/mol. The van der Waals surface area contributed by atoms with Gasteiger partial charge in [0.25, 0.3) is 9.05 Å². The van der Waals surface area contributed by atoms with Crippen LogP contribution in [-0.2, 0) is 15.2 Å².